The number of carboxylic acid groups (broad SMARTS) is 1. The summed E-state index contributed by atoms with van der Waals surface area (Å²) in [6.45, 7) is 5.18. The molecule has 3 aromatic rings. The minimum absolute atomic E-state index is 0.140. The van der Waals surface area contributed by atoms with E-state index < -0.39 is 6.09 Å². The Morgan fingerprint density at radius 1 is 1.10 bits per heavy atom. The van der Waals surface area contributed by atoms with Crippen molar-refractivity contribution in [1.82, 2.24) is 4.57 Å². The van der Waals surface area contributed by atoms with Crippen LogP contribution in [0.1, 0.15) is 13.8 Å². The minimum atomic E-state index is -1.13. The fourth-order valence-electron chi connectivity index (χ4n) is 3.61. The highest BCUT2D eigenvalue weighted by atomic mass is 16.5. The molecule has 0 spiro atoms. The first-order valence-electron chi connectivity index (χ1n) is 10.2. The van der Waals surface area contributed by atoms with E-state index in [9.17, 15) is 14.7 Å². The van der Waals surface area contributed by atoms with Gasteiger partial charge in [-0.25, -0.2) is 4.79 Å². The third-order valence-corrected chi connectivity index (χ3v) is 4.99. The molecule has 0 radical (unpaired) electrons. The Labute approximate surface area is 181 Å². The molecule has 0 saturated carbocycles. The molecule has 31 heavy (non-hydrogen) atoms. The molecule has 7 nitrogen and oxygen atoms in total. The van der Waals surface area contributed by atoms with Gasteiger partial charge in [0.15, 0.2) is 0 Å². The monoisotopic (exact) mass is 424 g/mol. The molecule has 0 saturated heterocycles. The average molecular weight is 424 g/mol. The van der Waals surface area contributed by atoms with Gasteiger partial charge < -0.3 is 14.6 Å². The topological polar surface area (TPSA) is 81.0 Å². The highest BCUT2D eigenvalue weighted by Gasteiger charge is 2.24. The number of nitrogens with zero attached hydrogens (tertiary/aromatic N) is 2. The normalized spacial score (nSPS) is 11.1. The molecular weight excluding hydrogens is 396 g/mol. The van der Waals surface area contributed by atoms with Gasteiger partial charge in [-0.3, -0.25) is 14.3 Å². The zero-order chi connectivity index (χ0) is 22.5. The second-order valence-electron chi connectivity index (χ2n) is 7.76. The SMILES string of the molecule is COCCOc1ccc2c(-c3ccccc3)c(N(C)C(=O)O)n(CC(C)C)c(=O)c2c1. The number of anilines is 1. The lowest BCUT2D eigenvalue weighted by atomic mass is 9.98. The maximum atomic E-state index is 13.5. The van der Waals surface area contributed by atoms with Crippen molar-refractivity contribution in [3.05, 3.63) is 58.9 Å². The Kier molecular flexibility index (Phi) is 6.97. The van der Waals surface area contributed by atoms with E-state index in [0.29, 0.717) is 47.7 Å². The van der Waals surface area contributed by atoms with Gasteiger partial charge in [-0.05, 0) is 35.1 Å². The van der Waals surface area contributed by atoms with E-state index in [0.717, 1.165) is 10.5 Å². The smallest absolute Gasteiger partial charge is 0.412 e. The molecule has 0 atom stereocenters. The highest BCUT2D eigenvalue weighted by Crippen LogP contribution is 2.37. The number of methoxy groups -OCH3 is 1. The Hall–Kier alpha value is -3.32. The van der Waals surface area contributed by atoms with E-state index in [1.807, 2.05) is 50.2 Å². The van der Waals surface area contributed by atoms with E-state index in [2.05, 4.69) is 0 Å². The van der Waals surface area contributed by atoms with Crippen LogP contribution in [-0.2, 0) is 11.3 Å². The number of fused-ring (bicyclic) bond motifs is 1. The first-order valence-corrected chi connectivity index (χ1v) is 10.2. The lowest BCUT2D eigenvalue weighted by Crippen LogP contribution is -2.34. The maximum absolute atomic E-state index is 13.5. The van der Waals surface area contributed by atoms with Crippen molar-refractivity contribution >= 4 is 22.7 Å². The van der Waals surface area contributed by atoms with E-state index in [1.165, 1.54) is 7.05 Å². The van der Waals surface area contributed by atoms with Crippen LogP contribution in [0.3, 0.4) is 0 Å². The number of benzene rings is 2. The first-order chi connectivity index (χ1) is 14.8. The van der Waals surface area contributed by atoms with E-state index in [1.54, 1.807) is 23.8 Å². The molecule has 0 unspecified atom stereocenters. The van der Waals surface area contributed by atoms with Gasteiger partial charge >= 0.3 is 6.09 Å². The zero-order valence-electron chi connectivity index (χ0n) is 18.3. The van der Waals surface area contributed by atoms with Crippen LogP contribution >= 0.6 is 0 Å². The largest absolute Gasteiger partial charge is 0.491 e. The van der Waals surface area contributed by atoms with Crippen LogP contribution in [0.5, 0.6) is 5.75 Å². The third kappa shape index (κ3) is 4.72. The second-order valence-corrected chi connectivity index (χ2v) is 7.76. The average Bonchev–Trinajstić information content (AvgIpc) is 2.75. The molecule has 0 bridgehead atoms. The fraction of sp³-hybridized carbons (Fsp3) is 0.333. The lowest BCUT2D eigenvalue weighted by molar-refractivity contribution is 0.146. The predicted molar refractivity (Wildman–Crippen MR) is 122 cm³/mol. The van der Waals surface area contributed by atoms with E-state index in [-0.39, 0.29) is 11.5 Å². The highest BCUT2D eigenvalue weighted by molar-refractivity contribution is 6.04. The summed E-state index contributed by atoms with van der Waals surface area (Å²) in [6, 6.07) is 14.9. The van der Waals surface area contributed by atoms with Crippen LogP contribution in [0.25, 0.3) is 21.9 Å². The Morgan fingerprint density at radius 2 is 1.81 bits per heavy atom. The number of hydrogen-bond acceptors (Lipinski definition) is 4. The minimum Gasteiger partial charge on any atom is -0.491 e. The molecule has 164 valence electrons. The summed E-state index contributed by atoms with van der Waals surface area (Å²) in [7, 11) is 3.06. The van der Waals surface area contributed by atoms with Crippen LogP contribution in [0, 0.1) is 5.92 Å². The molecule has 1 aromatic heterocycles. The van der Waals surface area contributed by atoms with Crippen LogP contribution in [-0.4, -0.2) is 43.1 Å². The molecule has 2 aromatic carbocycles. The number of ether oxygens (including phenoxy) is 2. The standard InChI is InChI=1S/C24H28N2O5/c1-16(2)15-26-22(25(3)24(28)29)21(17-8-6-5-7-9-17)19-11-10-18(31-13-12-30-4)14-20(19)23(26)27/h5-11,14,16H,12-13,15H2,1-4H3,(H,28,29). The Morgan fingerprint density at radius 3 is 2.42 bits per heavy atom. The number of carbonyl (C=O) groups is 1. The van der Waals surface area contributed by atoms with Gasteiger partial charge in [-0.15, -0.1) is 0 Å². The number of amides is 1. The van der Waals surface area contributed by atoms with Crippen molar-refractivity contribution in [2.24, 2.45) is 5.92 Å². The molecule has 0 aliphatic carbocycles. The number of aromatic nitrogens is 1. The number of pyridine rings is 1. The summed E-state index contributed by atoms with van der Waals surface area (Å²) in [5, 5.41) is 10.9. The van der Waals surface area contributed by atoms with Crippen LogP contribution in [0.15, 0.2) is 53.3 Å². The molecule has 1 N–H and O–H groups in total. The second kappa shape index (κ2) is 9.66. The van der Waals surface area contributed by atoms with Crippen molar-refractivity contribution < 1.29 is 19.4 Å². The predicted octanol–water partition coefficient (Wildman–Crippen LogP) is 4.46. The molecule has 1 heterocycles. The third-order valence-electron chi connectivity index (χ3n) is 4.99. The number of hydrogen-bond donors (Lipinski definition) is 1. The molecule has 1 amide bonds. The fourth-order valence-corrected chi connectivity index (χ4v) is 3.61. The molecule has 0 aliphatic heterocycles. The van der Waals surface area contributed by atoms with Gasteiger partial charge in [0, 0.05) is 26.3 Å². The summed E-state index contributed by atoms with van der Waals surface area (Å²) in [5.41, 5.74) is 1.29. The summed E-state index contributed by atoms with van der Waals surface area (Å²) in [4.78, 5) is 26.6. The van der Waals surface area contributed by atoms with Gasteiger partial charge in [0.05, 0.1) is 12.0 Å². The summed E-state index contributed by atoms with van der Waals surface area (Å²) < 4.78 is 12.3. The van der Waals surface area contributed by atoms with Gasteiger partial charge in [-0.1, -0.05) is 44.2 Å². The lowest BCUT2D eigenvalue weighted by Gasteiger charge is -2.26. The van der Waals surface area contributed by atoms with Gasteiger partial charge in [-0.2, -0.15) is 0 Å². The molecule has 3 rings (SSSR count). The van der Waals surface area contributed by atoms with Gasteiger partial charge in [0.25, 0.3) is 5.56 Å². The quantitative estimate of drug-likeness (QED) is 0.540. The molecule has 0 aliphatic rings. The Bertz CT molecular complexity index is 1120. The van der Waals surface area contributed by atoms with E-state index in [4.69, 9.17) is 9.47 Å². The van der Waals surface area contributed by atoms with Crippen molar-refractivity contribution in [2.75, 3.05) is 32.3 Å². The molecule has 7 heteroatoms. The summed E-state index contributed by atoms with van der Waals surface area (Å²) >= 11 is 0. The van der Waals surface area contributed by atoms with Crippen molar-refractivity contribution in [1.29, 1.82) is 0 Å². The maximum Gasteiger partial charge on any atom is 0.412 e. The molecule has 0 fully saturated rings. The number of rotatable bonds is 8. The van der Waals surface area contributed by atoms with Gasteiger partial charge in [0.2, 0.25) is 0 Å². The zero-order valence-corrected chi connectivity index (χ0v) is 18.3. The van der Waals surface area contributed by atoms with Crippen molar-refractivity contribution in [3.63, 3.8) is 0 Å². The summed E-state index contributed by atoms with van der Waals surface area (Å²) in [6.07, 6.45) is -1.13. The van der Waals surface area contributed by atoms with Crippen LogP contribution in [0.2, 0.25) is 0 Å². The summed E-state index contributed by atoms with van der Waals surface area (Å²) in [5.74, 6) is 1.06. The Balaban J connectivity index is 2.38. The van der Waals surface area contributed by atoms with E-state index >= 15 is 0 Å². The molecular formula is C24H28N2O5. The van der Waals surface area contributed by atoms with Crippen LogP contribution in [0.4, 0.5) is 10.6 Å². The first kappa shape index (κ1) is 22.4. The van der Waals surface area contributed by atoms with Crippen molar-refractivity contribution in [3.8, 4) is 16.9 Å². The van der Waals surface area contributed by atoms with Crippen molar-refractivity contribution in [2.45, 2.75) is 20.4 Å². The van der Waals surface area contributed by atoms with Crippen LogP contribution < -0.4 is 15.2 Å². The van der Waals surface area contributed by atoms with Gasteiger partial charge in [0.1, 0.15) is 18.2 Å².